The number of fused-ring (bicyclic) bond motifs is 1. The number of aryl methyl sites for hydroxylation is 1. The van der Waals surface area contributed by atoms with Gasteiger partial charge in [-0.15, -0.1) is 0 Å². The van der Waals surface area contributed by atoms with Crippen LogP contribution in [0.15, 0.2) is 36.4 Å². The van der Waals surface area contributed by atoms with Crippen molar-refractivity contribution < 1.29 is 14.3 Å². The number of nitrogens with zero attached hydrogens (tertiary/aromatic N) is 3. The molecule has 1 fully saturated rings. The first-order valence-electron chi connectivity index (χ1n) is 9.54. The highest BCUT2D eigenvalue weighted by Crippen LogP contribution is 2.20. The van der Waals surface area contributed by atoms with Gasteiger partial charge in [-0.05, 0) is 43.9 Å². The number of carbonyl (C=O) groups is 2. The number of hydrogen-bond acceptors (Lipinski definition) is 4. The Kier molecular flexibility index (Phi) is 5.20. The van der Waals surface area contributed by atoms with Crippen LogP contribution >= 0.6 is 0 Å². The Labute approximate surface area is 158 Å². The second kappa shape index (κ2) is 7.92. The van der Waals surface area contributed by atoms with E-state index >= 15 is 0 Å². The quantitative estimate of drug-likeness (QED) is 0.903. The maximum absolute atomic E-state index is 12.8. The SMILES string of the molecule is O=C(Nc1ccccc1)c1cc2n(n1)CCCN(C(=O)[C@@H]1CCCCO1)C2. The molecule has 2 amide bonds. The van der Waals surface area contributed by atoms with Crippen LogP contribution in [0.25, 0.3) is 0 Å². The molecule has 0 aliphatic carbocycles. The summed E-state index contributed by atoms with van der Waals surface area (Å²) in [7, 11) is 0. The lowest BCUT2D eigenvalue weighted by molar-refractivity contribution is -0.147. The molecule has 1 N–H and O–H groups in total. The van der Waals surface area contributed by atoms with Crippen molar-refractivity contribution in [3.63, 3.8) is 0 Å². The zero-order valence-electron chi connectivity index (χ0n) is 15.3. The molecule has 7 heteroatoms. The molecule has 142 valence electrons. The van der Waals surface area contributed by atoms with Gasteiger partial charge in [0.05, 0.1) is 12.2 Å². The maximum Gasteiger partial charge on any atom is 0.276 e. The van der Waals surface area contributed by atoms with Crippen molar-refractivity contribution >= 4 is 17.5 Å². The van der Waals surface area contributed by atoms with E-state index in [1.165, 1.54) is 0 Å². The van der Waals surface area contributed by atoms with Crippen LogP contribution in [-0.4, -0.2) is 45.8 Å². The van der Waals surface area contributed by atoms with E-state index < -0.39 is 0 Å². The molecule has 1 atom stereocenters. The summed E-state index contributed by atoms with van der Waals surface area (Å²) in [6, 6.07) is 11.1. The van der Waals surface area contributed by atoms with Crippen LogP contribution in [-0.2, 0) is 22.6 Å². The lowest BCUT2D eigenvalue weighted by Gasteiger charge is -2.28. The Morgan fingerprint density at radius 3 is 2.74 bits per heavy atom. The molecule has 7 nitrogen and oxygen atoms in total. The van der Waals surface area contributed by atoms with E-state index in [4.69, 9.17) is 4.74 Å². The van der Waals surface area contributed by atoms with Gasteiger partial charge in [-0.2, -0.15) is 5.10 Å². The minimum atomic E-state index is -0.325. The van der Waals surface area contributed by atoms with Crippen molar-refractivity contribution in [1.82, 2.24) is 14.7 Å². The van der Waals surface area contributed by atoms with E-state index in [2.05, 4.69) is 10.4 Å². The van der Waals surface area contributed by atoms with Crippen molar-refractivity contribution in [2.24, 2.45) is 0 Å². The van der Waals surface area contributed by atoms with Crippen LogP contribution in [0.5, 0.6) is 0 Å². The Bertz CT molecular complexity index is 812. The molecule has 4 rings (SSSR count). The molecule has 0 unspecified atom stereocenters. The normalized spacial score (nSPS) is 19.9. The minimum absolute atomic E-state index is 0.0552. The second-order valence-corrected chi connectivity index (χ2v) is 7.03. The van der Waals surface area contributed by atoms with Gasteiger partial charge in [0.15, 0.2) is 5.69 Å². The van der Waals surface area contributed by atoms with Crippen molar-refractivity contribution in [1.29, 1.82) is 0 Å². The van der Waals surface area contributed by atoms with Gasteiger partial charge in [-0.3, -0.25) is 14.3 Å². The standard InChI is InChI=1S/C20H24N4O3/c25-19(21-15-7-2-1-3-8-15)17-13-16-14-23(10-6-11-24(16)22-17)20(26)18-9-4-5-12-27-18/h1-3,7-8,13,18H,4-6,9-12,14H2,(H,21,25)/t18-/m0/s1. The first-order chi connectivity index (χ1) is 13.2. The first kappa shape index (κ1) is 17.7. The van der Waals surface area contributed by atoms with Crippen LogP contribution in [0, 0.1) is 0 Å². The molecule has 1 aromatic carbocycles. The van der Waals surface area contributed by atoms with Crippen molar-refractivity contribution in [2.75, 3.05) is 18.5 Å². The Balaban J connectivity index is 1.46. The summed E-state index contributed by atoms with van der Waals surface area (Å²) in [4.78, 5) is 27.1. The predicted molar refractivity (Wildman–Crippen MR) is 100 cm³/mol. The fourth-order valence-corrected chi connectivity index (χ4v) is 3.62. The summed E-state index contributed by atoms with van der Waals surface area (Å²) in [6.07, 6.45) is 3.34. The summed E-state index contributed by atoms with van der Waals surface area (Å²) in [5, 5.41) is 7.30. The van der Waals surface area contributed by atoms with E-state index in [1.54, 1.807) is 6.07 Å². The van der Waals surface area contributed by atoms with Crippen LogP contribution in [0.3, 0.4) is 0 Å². The average Bonchev–Trinajstić information content (AvgIpc) is 3.01. The molecule has 2 aliphatic heterocycles. The highest BCUT2D eigenvalue weighted by atomic mass is 16.5. The Morgan fingerprint density at radius 2 is 1.96 bits per heavy atom. The van der Waals surface area contributed by atoms with E-state index in [1.807, 2.05) is 39.9 Å². The number of rotatable bonds is 3. The van der Waals surface area contributed by atoms with Crippen LogP contribution < -0.4 is 5.32 Å². The zero-order chi connectivity index (χ0) is 18.6. The number of amides is 2. The fourth-order valence-electron chi connectivity index (χ4n) is 3.62. The van der Waals surface area contributed by atoms with Gasteiger partial charge in [0, 0.05) is 25.4 Å². The van der Waals surface area contributed by atoms with Crippen molar-refractivity contribution in [3.8, 4) is 0 Å². The summed E-state index contributed by atoms with van der Waals surface area (Å²) < 4.78 is 7.50. The summed E-state index contributed by atoms with van der Waals surface area (Å²) in [5.41, 5.74) is 1.99. The van der Waals surface area contributed by atoms with E-state index in [0.29, 0.717) is 31.9 Å². The predicted octanol–water partition coefficient (Wildman–Crippen LogP) is 2.44. The van der Waals surface area contributed by atoms with Crippen LogP contribution in [0.2, 0.25) is 0 Å². The minimum Gasteiger partial charge on any atom is -0.368 e. The van der Waals surface area contributed by atoms with E-state index in [0.717, 1.165) is 37.1 Å². The Morgan fingerprint density at radius 1 is 1.11 bits per heavy atom. The lowest BCUT2D eigenvalue weighted by Crippen LogP contribution is -2.41. The third kappa shape index (κ3) is 4.03. The molecule has 1 saturated heterocycles. The van der Waals surface area contributed by atoms with Crippen LogP contribution in [0.4, 0.5) is 5.69 Å². The molecule has 2 aromatic rings. The molecule has 3 heterocycles. The summed E-state index contributed by atoms with van der Waals surface area (Å²) >= 11 is 0. The fraction of sp³-hybridized carbons (Fsp3) is 0.450. The third-order valence-corrected chi connectivity index (χ3v) is 5.05. The van der Waals surface area contributed by atoms with Crippen molar-refractivity contribution in [3.05, 3.63) is 47.8 Å². The van der Waals surface area contributed by atoms with Gasteiger partial charge in [0.2, 0.25) is 0 Å². The Hall–Kier alpha value is -2.67. The van der Waals surface area contributed by atoms with E-state index in [-0.39, 0.29) is 17.9 Å². The number of carbonyl (C=O) groups excluding carboxylic acids is 2. The molecule has 0 spiro atoms. The number of para-hydroxylation sites is 1. The van der Waals surface area contributed by atoms with Gasteiger partial charge >= 0.3 is 0 Å². The average molecular weight is 368 g/mol. The molecule has 27 heavy (non-hydrogen) atoms. The van der Waals surface area contributed by atoms with Crippen LogP contribution in [0.1, 0.15) is 41.9 Å². The topological polar surface area (TPSA) is 76.5 Å². The van der Waals surface area contributed by atoms with Gasteiger partial charge in [0.25, 0.3) is 11.8 Å². The van der Waals surface area contributed by atoms with Gasteiger partial charge in [0.1, 0.15) is 6.10 Å². The molecule has 0 radical (unpaired) electrons. The summed E-state index contributed by atoms with van der Waals surface area (Å²) in [5.74, 6) is -0.185. The van der Waals surface area contributed by atoms with Crippen molar-refractivity contribution in [2.45, 2.75) is 44.9 Å². The smallest absolute Gasteiger partial charge is 0.276 e. The zero-order valence-corrected chi connectivity index (χ0v) is 15.3. The molecular weight excluding hydrogens is 344 g/mol. The number of benzene rings is 1. The maximum atomic E-state index is 12.8. The third-order valence-electron chi connectivity index (χ3n) is 5.05. The molecule has 2 aliphatic rings. The first-order valence-corrected chi connectivity index (χ1v) is 9.54. The number of aromatic nitrogens is 2. The molecule has 1 aromatic heterocycles. The van der Waals surface area contributed by atoms with Gasteiger partial charge < -0.3 is 15.0 Å². The largest absolute Gasteiger partial charge is 0.368 e. The number of ether oxygens (including phenoxy) is 1. The molecule has 0 bridgehead atoms. The van der Waals surface area contributed by atoms with E-state index in [9.17, 15) is 9.59 Å². The lowest BCUT2D eigenvalue weighted by atomic mass is 10.1. The number of hydrogen-bond donors (Lipinski definition) is 1. The second-order valence-electron chi connectivity index (χ2n) is 7.03. The monoisotopic (exact) mass is 368 g/mol. The highest BCUT2D eigenvalue weighted by molar-refractivity contribution is 6.02. The number of anilines is 1. The van der Waals surface area contributed by atoms with Gasteiger partial charge in [-0.25, -0.2) is 0 Å². The van der Waals surface area contributed by atoms with Gasteiger partial charge in [-0.1, -0.05) is 18.2 Å². The molecular formula is C20H24N4O3. The molecule has 0 saturated carbocycles. The highest BCUT2D eigenvalue weighted by Gasteiger charge is 2.29. The summed E-state index contributed by atoms with van der Waals surface area (Å²) in [6.45, 7) is 2.51. The number of nitrogens with one attached hydrogen (secondary N) is 1.